The standard InChI is InChI=1S/C50H86O14/c1-3-5-7-9-11-13-15-17-18-19-20-21-23-25-27-29-31-33-42(52)62-39(36-59-34-32-30-28-26-24-22-16-14-12-10-8-6-4-2)37-60-49-48(58)46(56)44(54)41(64-49)38-61-50-47(57)45(55)43(53)40(35-51)63-50/h5,7,11,13,17-18,20-21,25,27,39-41,43-51,53-58H,3-4,6,8-10,12,14-16,19,22-24,26,28-38H2,1-2H3/b7-5-,13-11-,18-17-,21-20-,27-25-. The van der Waals surface area contributed by atoms with Crippen LogP contribution >= 0.6 is 0 Å². The Balaban J connectivity index is 1.82. The van der Waals surface area contributed by atoms with Gasteiger partial charge in [-0.15, -0.1) is 0 Å². The minimum Gasteiger partial charge on any atom is -0.457 e. The molecule has 0 aromatic rings. The number of unbranched alkanes of at least 4 members (excludes halogenated alkanes) is 13. The van der Waals surface area contributed by atoms with E-state index in [1.54, 1.807) is 0 Å². The Morgan fingerprint density at radius 2 is 1.00 bits per heavy atom. The molecule has 0 bridgehead atoms. The molecule has 2 saturated heterocycles. The molecule has 0 amide bonds. The topological polar surface area (TPSA) is 214 Å². The third-order valence-corrected chi connectivity index (χ3v) is 11.3. The van der Waals surface area contributed by atoms with Crippen LogP contribution in [0, 0.1) is 0 Å². The summed E-state index contributed by atoms with van der Waals surface area (Å²) in [5.74, 6) is -0.433. The van der Waals surface area contributed by atoms with Gasteiger partial charge in [-0.2, -0.15) is 0 Å². The zero-order valence-electron chi connectivity index (χ0n) is 39.0. The van der Waals surface area contributed by atoms with Crippen LogP contribution in [0.2, 0.25) is 0 Å². The van der Waals surface area contributed by atoms with Crippen LogP contribution in [-0.2, 0) is 33.2 Å². The minimum atomic E-state index is -1.72. The third-order valence-electron chi connectivity index (χ3n) is 11.3. The van der Waals surface area contributed by atoms with Crippen LogP contribution in [-0.4, -0.2) is 142 Å². The number of allylic oxidation sites excluding steroid dienone is 10. The Kier molecular flexibility index (Phi) is 34.1. The predicted octanol–water partition coefficient (Wildman–Crippen LogP) is 6.57. The van der Waals surface area contributed by atoms with Crippen molar-refractivity contribution >= 4 is 5.97 Å². The van der Waals surface area contributed by atoms with E-state index in [2.05, 4.69) is 68.5 Å². The van der Waals surface area contributed by atoms with Gasteiger partial charge in [0, 0.05) is 13.0 Å². The second kappa shape index (κ2) is 37.7. The largest absolute Gasteiger partial charge is 0.457 e. The first-order chi connectivity index (χ1) is 31.1. The van der Waals surface area contributed by atoms with Gasteiger partial charge in [-0.3, -0.25) is 4.79 Å². The zero-order valence-corrected chi connectivity index (χ0v) is 39.0. The summed E-state index contributed by atoms with van der Waals surface area (Å²) < 4.78 is 34.1. The van der Waals surface area contributed by atoms with E-state index >= 15 is 0 Å². The average Bonchev–Trinajstić information content (AvgIpc) is 3.29. The van der Waals surface area contributed by atoms with E-state index in [-0.39, 0.29) is 19.6 Å². The number of carbonyl (C=O) groups is 1. The van der Waals surface area contributed by atoms with Crippen LogP contribution in [0.3, 0.4) is 0 Å². The summed E-state index contributed by atoms with van der Waals surface area (Å²) in [6, 6.07) is 0. The van der Waals surface area contributed by atoms with Crippen LogP contribution in [0.25, 0.3) is 0 Å². The normalized spacial score (nSPS) is 27.3. The van der Waals surface area contributed by atoms with Gasteiger partial charge in [0.05, 0.1) is 26.4 Å². The Bertz CT molecular complexity index is 1290. The summed E-state index contributed by atoms with van der Waals surface area (Å²) in [5, 5.41) is 72.0. The fourth-order valence-electron chi connectivity index (χ4n) is 7.32. The summed E-state index contributed by atoms with van der Waals surface area (Å²) in [6.45, 7) is 3.48. The maximum Gasteiger partial charge on any atom is 0.306 e. The van der Waals surface area contributed by atoms with E-state index in [0.717, 1.165) is 51.4 Å². The molecule has 2 aliphatic rings. The van der Waals surface area contributed by atoms with Crippen LogP contribution in [0.15, 0.2) is 60.8 Å². The Morgan fingerprint density at radius 1 is 0.531 bits per heavy atom. The molecule has 0 aromatic heterocycles. The molecule has 14 heteroatoms. The van der Waals surface area contributed by atoms with Crippen molar-refractivity contribution in [2.45, 2.75) is 216 Å². The molecule has 7 N–H and O–H groups in total. The van der Waals surface area contributed by atoms with Crippen LogP contribution in [0.4, 0.5) is 0 Å². The maximum atomic E-state index is 13.0. The minimum absolute atomic E-state index is 0.0381. The number of aliphatic hydroxyl groups is 7. The van der Waals surface area contributed by atoms with Gasteiger partial charge >= 0.3 is 5.97 Å². The molecule has 11 unspecified atom stereocenters. The fourth-order valence-corrected chi connectivity index (χ4v) is 7.32. The van der Waals surface area contributed by atoms with Gasteiger partial charge in [0.25, 0.3) is 0 Å². The second-order valence-electron chi connectivity index (χ2n) is 16.9. The number of rotatable bonds is 37. The van der Waals surface area contributed by atoms with Crippen LogP contribution < -0.4 is 0 Å². The van der Waals surface area contributed by atoms with Crippen molar-refractivity contribution in [3.05, 3.63) is 60.8 Å². The van der Waals surface area contributed by atoms with Crippen LogP contribution in [0.1, 0.15) is 149 Å². The van der Waals surface area contributed by atoms with Gasteiger partial charge in [0.2, 0.25) is 0 Å². The Morgan fingerprint density at radius 3 is 1.53 bits per heavy atom. The molecule has 0 saturated carbocycles. The number of carbonyl (C=O) groups excluding carboxylic acids is 1. The molecule has 0 radical (unpaired) electrons. The SMILES string of the molecule is CC/C=C\C/C=C\C/C=C\C/C=C\C/C=C\CCCC(=O)OC(COCCCCCCCCCCCCCCC)COC1OC(COC2OC(CO)C(O)C(O)C2O)C(O)C(O)C1O. The van der Waals surface area contributed by atoms with Crippen molar-refractivity contribution in [3.8, 4) is 0 Å². The first-order valence-electron chi connectivity index (χ1n) is 24.4. The summed E-state index contributed by atoms with van der Waals surface area (Å²) in [5.41, 5.74) is 0. The smallest absolute Gasteiger partial charge is 0.306 e. The molecule has 2 rings (SSSR count). The number of aliphatic hydroxyl groups excluding tert-OH is 7. The van der Waals surface area contributed by atoms with Gasteiger partial charge in [0.15, 0.2) is 12.6 Å². The Hall–Kier alpha value is -2.31. The highest BCUT2D eigenvalue weighted by Gasteiger charge is 2.47. The summed E-state index contributed by atoms with van der Waals surface area (Å²) in [7, 11) is 0. The number of esters is 1. The van der Waals surface area contributed by atoms with Crippen molar-refractivity contribution in [1.29, 1.82) is 0 Å². The first kappa shape index (κ1) is 57.8. The molecule has 0 aromatic carbocycles. The molecule has 2 aliphatic heterocycles. The van der Waals surface area contributed by atoms with E-state index in [1.165, 1.54) is 64.2 Å². The third kappa shape index (κ3) is 25.6. The Labute approximate surface area is 384 Å². The predicted molar refractivity (Wildman–Crippen MR) is 247 cm³/mol. The van der Waals surface area contributed by atoms with E-state index < -0.39 is 86.7 Å². The number of ether oxygens (including phenoxy) is 6. The lowest BCUT2D eigenvalue weighted by atomic mass is 9.98. The second-order valence-corrected chi connectivity index (χ2v) is 16.9. The summed E-state index contributed by atoms with van der Waals surface area (Å²) in [6.07, 6.45) is 27.2. The number of hydrogen-bond donors (Lipinski definition) is 7. The molecular formula is C50H86O14. The molecule has 0 spiro atoms. The van der Waals surface area contributed by atoms with E-state index in [4.69, 9.17) is 28.4 Å². The van der Waals surface area contributed by atoms with Gasteiger partial charge in [-0.1, -0.05) is 152 Å². The molecule has 370 valence electrons. The summed E-state index contributed by atoms with van der Waals surface area (Å²) in [4.78, 5) is 13.0. The van der Waals surface area contributed by atoms with Gasteiger partial charge in [-0.25, -0.2) is 0 Å². The fraction of sp³-hybridized carbons (Fsp3) is 0.780. The molecule has 11 atom stereocenters. The van der Waals surface area contributed by atoms with Gasteiger partial charge in [-0.05, 0) is 51.4 Å². The van der Waals surface area contributed by atoms with Gasteiger partial charge < -0.3 is 64.2 Å². The van der Waals surface area contributed by atoms with Crippen LogP contribution in [0.5, 0.6) is 0 Å². The number of hydrogen-bond acceptors (Lipinski definition) is 14. The maximum absolute atomic E-state index is 13.0. The lowest BCUT2D eigenvalue weighted by molar-refractivity contribution is -0.332. The van der Waals surface area contributed by atoms with Gasteiger partial charge in [0.1, 0.15) is 54.9 Å². The van der Waals surface area contributed by atoms with Crippen molar-refractivity contribution in [2.75, 3.05) is 33.0 Å². The molecule has 2 fully saturated rings. The first-order valence-corrected chi connectivity index (χ1v) is 24.4. The monoisotopic (exact) mass is 911 g/mol. The lowest BCUT2D eigenvalue weighted by Crippen LogP contribution is -2.61. The highest BCUT2D eigenvalue weighted by molar-refractivity contribution is 5.69. The molecular weight excluding hydrogens is 825 g/mol. The highest BCUT2D eigenvalue weighted by atomic mass is 16.7. The van der Waals surface area contributed by atoms with E-state index in [1.807, 2.05) is 6.08 Å². The van der Waals surface area contributed by atoms with E-state index in [0.29, 0.717) is 19.4 Å². The van der Waals surface area contributed by atoms with Crippen molar-refractivity contribution in [2.24, 2.45) is 0 Å². The zero-order chi connectivity index (χ0) is 46.6. The quantitative estimate of drug-likeness (QED) is 0.0200. The molecule has 14 nitrogen and oxygen atoms in total. The van der Waals surface area contributed by atoms with Crippen molar-refractivity contribution in [1.82, 2.24) is 0 Å². The van der Waals surface area contributed by atoms with Crippen molar-refractivity contribution in [3.63, 3.8) is 0 Å². The van der Waals surface area contributed by atoms with Crippen molar-refractivity contribution < 1.29 is 69.0 Å². The molecule has 2 heterocycles. The average molecular weight is 911 g/mol. The highest BCUT2D eigenvalue weighted by Crippen LogP contribution is 2.26. The lowest BCUT2D eigenvalue weighted by Gasteiger charge is -2.42. The van der Waals surface area contributed by atoms with E-state index in [9.17, 15) is 40.5 Å². The molecule has 64 heavy (non-hydrogen) atoms. The summed E-state index contributed by atoms with van der Waals surface area (Å²) >= 11 is 0. The molecule has 0 aliphatic carbocycles.